The Balaban J connectivity index is 1.75. The summed E-state index contributed by atoms with van der Waals surface area (Å²) < 4.78 is 28.3. The zero-order valence-electron chi connectivity index (χ0n) is 10.4. The van der Waals surface area contributed by atoms with Crippen LogP contribution >= 0.6 is 0 Å². The lowest BCUT2D eigenvalue weighted by atomic mass is 10.3. The van der Waals surface area contributed by atoms with Gasteiger partial charge in [-0.05, 0) is 18.2 Å². The molecule has 0 saturated carbocycles. The Morgan fingerprint density at radius 2 is 2.05 bits per heavy atom. The van der Waals surface area contributed by atoms with Crippen LogP contribution in [0.15, 0.2) is 22.6 Å². The van der Waals surface area contributed by atoms with Crippen LogP contribution in [0.3, 0.4) is 0 Å². The first-order chi connectivity index (χ1) is 9.02. The minimum Gasteiger partial charge on any atom is -0.439 e. The SMILES string of the molecule is Nc1ccc2oc(CN3CCS(=O)(=O)CC3)nc2c1. The molecule has 1 saturated heterocycles. The third-order valence-corrected chi connectivity index (χ3v) is 4.86. The van der Waals surface area contributed by atoms with Crippen LogP contribution in [0, 0.1) is 0 Å². The summed E-state index contributed by atoms with van der Waals surface area (Å²) in [5.74, 6) is 1.01. The van der Waals surface area contributed by atoms with Gasteiger partial charge >= 0.3 is 0 Å². The minimum atomic E-state index is -2.85. The third-order valence-electron chi connectivity index (χ3n) is 3.25. The second-order valence-electron chi connectivity index (χ2n) is 4.76. The van der Waals surface area contributed by atoms with Crippen LogP contribution in [0.1, 0.15) is 5.89 Å². The first-order valence-electron chi connectivity index (χ1n) is 6.10. The molecular weight excluding hydrogens is 266 g/mol. The summed E-state index contributed by atoms with van der Waals surface area (Å²) in [6.45, 7) is 1.59. The molecule has 2 aromatic rings. The van der Waals surface area contributed by atoms with E-state index in [1.807, 2.05) is 4.90 Å². The van der Waals surface area contributed by atoms with E-state index in [2.05, 4.69) is 4.98 Å². The van der Waals surface area contributed by atoms with Gasteiger partial charge in [-0.25, -0.2) is 13.4 Å². The number of anilines is 1. The highest BCUT2D eigenvalue weighted by Gasteiger charge is 2.22. The van der Waals surface area contributed by atoms with Crippen LogP contribution < -0.4 is 5.73 Å². The van der Waals surface area contributed by atoms with Gasteiger partial charge in [0.15, 0.2) is 15.4 Å². The Morgan fingerprint density at radius 3 is 2.79 bits per heavy atom. The molecule has 0 bridgehead atoms. The molecule has 19 heavy (non-hydrogen) atoms. The maximum atomic E-state index is 11.3. The Hall–Kier alpha value is -1.60. The Morgan fingerprint density at radius 1 is 1.32 bits per heavy atom. The number of aromatic nitrogens is 1. The van der Waals surface area contributed by atoms with Crippen molar-refractivity contribution < 1.29 is 12.8 Å². The normalized spacial score (nSPS) is 19.8. The predicted molar refractivity (Wildman–Crippen MR) is 72.4 cm³/mol. The number of hydrogen-bond donors (Lipinski definition) is 1. The quantitative estimate of drug-likeness (QED) is 0.813. The molecule has 0 amide bonds. The predicted octanol–water partition coefficient (Wildman–Crippen LogP) is 0.640. The van der Waals surface area contributed by atoms with Crippen molar-refractivity contribution in [3.05, 3.63) is 24.1 Å². The van der Waals surface area contributed by atoms with Gasteiger partial charge in [-0.1, -0.05) is 0 Å². The van der Waals surface area contributed by atoms with Crippen molar-refractivity contribution >= 4 is 26.6 Å². The van der Waals surface area contributed by atoms with Gasteiger partial charge in [0.25, 0.3) is 0 Å². The molecule has 1 aliphatic rings. The number of benzene rings is 1. The van der Waals surface area contributed by atoms with Crippen molar-refractivity contribution in [2.24, 2.45) is 0 Å². The van der Waals surface area contributed by atoms with Crippen LogP contribution in [-0.2, 0) is 16.4 Å². The maximum absolute atomic E-state index is 11.3. The van der Waals surface area contributed by atoms with Crippen LogP contribution in [0.2, 0.25) is 0 Å². The van der Waals surface area contributed by atoms with Gasteiger partial charge < -0.3 is 10.2 Å². The third kappa shape index (κ3) is 2.71. The molecule has 3 rings (SSSR count). The van der Waals surface area contributed by atoms with Gasteiger partial charge in [0, 0.05) is 18.8 Å². The highest BCUT2D eigenvalue weighted by atomic mass is 32.2. The molecule has 0 radical (unpaired) electrons. The molecule has 102 valence electrons. The van der Waals surface area contributed by atoms with E-state index >= 15 is 0 Å². The first-order valence-corrected chi connectivity index (χ1v) is 7.92. The Labute approximate surface area is 111 Å². The van der Waals surface area contributed by atoms with E-state index in [1.54, 1.807) is 18.2 Å². The van der Waals surface area contributed by atoms with Crippen LogP contribution in [-0.4, -0.2) is 42.9 Å². The number of nitrogen functional groups attached to an aromatic ring is 1. The van der Waals surface area contributed by atoms with E-state index in [0.717, 1.165) is 5.52 Å². The molecular formula is C12H15N3O3S. The summed E-state index contributed by atoms with van der Waals surface area (Å²) in [6.07, 6.45) is 0. The number of fused-ring (bicyclic) bond motifs is 1. The fourth-order valence-electron chi connectivity index (χ4n) is 2.16. The molecule has 1 aliphatic heterocycles. The molecule has 0 spiro atoms. The van der Waals surface area contributed by atoms with E-state index in [4.69, 9.17) is 10.2 Å². The standard InChI is InChI=1S/C12H15N3O3S/c13-9-1-2-11-10(7-9)14-12(18-11)8-15-3-5-19(16,17)6-4-15/h1-2,7H,3-6,8,13H2. The largest absolute Gasteiger partial charge is 0.439 e. The lowest BCUT2D eigenvalue weighted by molar-refractivity contribution is 0.260. The number of nitrogens with two attached hydrogens (primary N) is 1. The molecule has 1 fully saturated rings. The van der Waals surface area contributed by atoms with E-state index in [0.29, 0.717) is 36.8 Å². The second-order valence-corrected chi connectivity index (χ2v) is 7.07. The first kappa shape index (κ1) is 12.4. The Bertz CT molecular complexity index is 694. The van der Waals surface area contributed by atoms with E-state index in [1.165, 1.54) is 0 Å². The molecule has 0 atom stereocenters. The van der Waals surface area contributed by atoms with E-state index in [9.17, 15) is 8.42 Å². The van der Waals surface area contributed by atoms with Gasteiger partial charge in [0.05, 0.1) is 18.1 Å². The number of oxazole rings is 1. The number of sulfone groups is 1. The second kappa shape index (κ2) is 4.50. The zero-order chi connectivity index (χ0) is 13.5. The topological polar surface area (TPSA) is 89.4 Å². The molecule has 1 aromatic carbocycles. The molecule has 0 aliphatic carbocycles. The average molecular weight is 281 g/mol. The summed E-state index contributed by atoms with van der Waals surface area (Å²) in [5.41, 5.74) is 7.78. The molecule has 2 heterocycles. The summed E-state index contributed by atoms with van der Waals surface area (Å²) >= 11 is 0. The maximum Gasteiger partial charge on any atom is 0.209 e. The van der Waals surface area contributed by atoms with Gasteiger partial charge in [-0.15, -0.1) is 0 Å². The Kier molecular flexibility index (Phi) is 2.94. The van der Waals surface area contributed by atoms with Gasteiger partial charge in [-0.3, -0.25) is 4.90 Å². The van der Waals surface area contributed by atoms with Crippen molar-refractivity contribution in [2.75, 3.05) is 30.3 Å². The summed E-state index contributed by atoms with van der Waals surface area (Å²) in [5, 5.41) is 0. The fourth-order valence-corrected chi connectivity index (χ4v) is 3.44. The highest BCUT2D eigenvalue weighted by Crippen LogP contribution is 2.19. The van der Waals surface area contributed by atoms with E-state index < -0.39 is 9.84 Å². The fraction of sp³-hybridized carbons (Fsp3) is 0.417. The number of rotatable bonds is 2. The minimum absolute atomic E-state index is 0.209. The van der Waals surface area contributed by atoms with Crippen molar-refractivity contribution in [1.29, 1.82) is 0 Å². The highest BCUT2D eigenvalue weighted by molar-refractivity contribution is 7.91. The molecule has 7 heteroatoms. The van der Waals surface area contributed by atoms with Crippen LogP contribution in [0.5, 0.6) is 0 Å². The summed E-state index contributed by atoms with van der Waals surface area (Å²) in [7, 11) is -2.85. The van der Waals surface area contributed by atoms with Gasteiger partial charge in [0.2, 0.25) is 5.89 Å². The molecule has 1 aromatic heterocycles. The molecule has 0 unspecified atom stereocenters. The van der Waals surface area contributed by atoms with Gasteiger partial charge in [0.1, 0.15) is 5.52 Å². The van der Waals surface area contributed by atoms with Crippen molar-refractivity contribution in [3.63, 3.8) is 0 Å². The average Bonchev–Trinajstić information content (AvgIpc) is 2.73. The summed E-state index contributed by atoms with van der Waals surface area (Å²) in [6, 6.07) is 5.33. The molecule has 2 N–H and O–H groups in total. The van der Waals surface area contributed by atoms with Crippen molar-refractivity contribution in [3.8, 4) is 0 Å². The van der Waals surface area contributed by atoms with Gasteiger partial charge in [-0.2, -0.15) is 0 Å². The zero-order valence-corrected chi connectivity index (χ0v) is 11.2. The number of hydrogen-bond acceptors (Lipinski definition) is 6. The lowest BCUT2D eigenvalue weighted by Crippen LogP contribution is -2.39. The van der Waals surface area contributed by atoms with Crippen molar-refractivity contribution in [1.82, 2.24) is 9.88 Å². The monoisotopic (exact) mass is 281 g/mol. The van der Waals surface area contributed by atoms with Crippen LogP contribution in [0.4, 0.5) is 5.69 Å². The smallest absolute Gasteiger partial charge is 0.209 e. The van der Waals surface area contributed by atoms with Crippen LogP contribution in [0.25, 0.3) is 11.1 Å². The molecule has 6 nitrogen and oxygen atoms in total. The number of nitrogens with zero attached hydrogens (tertiary/aromatic N) is 2. The van der Waals surface area contributed by atoms with E-state index in [-0.39, 0.29) is 11.5 Å². The lowest BCUT2D eigenvalue weighted by Gasteiger charge is -2.24. The van der Waals surface area contributed by atoms with Crippen molar-refractivity contribution in [2.45, 2.75) is 6.54 Å². The summed E-state index contributed by atoms with van der Waals surface area (Å²) in [4.78, 5) is 6.40.